The number of nitrogens with zero attached hydrogens (tertiary/aromatic N) is 1. The molecule has 0 amide bonds. The molecule has 0 unspecified atom stereocenters. The lowest BCUT2D eigenvalue weighted by Gasteiger charge is -1.99. The number of carbonyl (C=O) groups is 1. The summed E-state index contributed by atoms with van der Waals surface area (Å²) in [6, 6.07) is 1.67. The number of oxazole rings is 1. The number of aromatic nitrogens is 1. The van der Waals surface area contributed by atoms with Crippen molar-refractivity contribution in [2.24, 2.45) is 0 Å². The van der Waals surface area contributed by atoms with E-state index >= 15 is 0 Å². The maximum absolute atomic E-state index is 12.8. The molecule has 0 saturated carbocycles. The summed E-state index contributed by atoms with van der Waals surface area (Å²) in [4.78, 5) is 15.2. The molecule has 2 rings (SSSR count). The van der Waals surface area contributed by atoms with E-state index in [4.69, 9.17) is 4.42 Å². The van der Waals surface area contributed by atoms with Crippen molar-refractivity contribution >= 4 is 33.2 Å². The van der Waals surface area contributed by atoms with Crippen molar-refractivity contribution < 1.29 is 22.7 Å². The number of ether oxygens (including phenoxy) is 1. The van der Waals surface area contributed by atoms with Gasteiger partial charge >= 0.3 is 5.97 Å². The first-order valence-corrected chi connectivity index (χ1v) is 6.90. The molecule has 2 heterocycles. The monoisotopic (exact) mass is 351 g/mol. The zero-order chi connectivity index (χ0) is 14.0. The van der Waals surface area contributed by atoms with Crippen LogP contribution in [-0.2, 0) is 4.74 Å². The molecular formula is C11H8BrF2NO3S. The summed E-state index contributed by atoms with van der Waals surface area (Å²) in [6.45, 7) is 1.65. The highest BCUT2D eigenvalue weighted by Gasteiger charge is 2.28. The van der Waals surface area contributed by atoms with E-state index in [1.54, 1.807) is 18.4 Å². The first kappa shape index (κ1) is 14.1. The van der Waals surface area contributed by atoms with Gasteiger partial charge in [-0.3, -0.25) is 0 Å². The van der Waals surface area contributed by atoms with Gasteiger partial charge in [-0.25, -0.2) is 18.6 Å². The molecule has 0 aliphatic heterocycles. The van der Waals surface area contributed by atoms with E-state index in [-0.39, 0.29) is 12.5 Å². The third kappa shape index (κ3) is 3.01. The summed E-state index contributed by atoms with van der Waals surface area (Å²) in [5.74, 6) is -1.51. The third-order valence-electron chi connectivity index (χ3n) is 2.14. The van der Waals surface area contributed by atoms with Gasteiger partial charge in [0.2, 0.25) is 11.7 Å². The smallest absolute Gasteiger partial charge is 0.376 e. The Morgan fingerprint density at radius 2 is 2.37 bits per heavy atom. The van der Waals surface area contributed by atoms with Gasteiger partial charge < -0.3 is 9.15 Å². The Hall–Kier alpha value is -1.28. The van der Waals surface area contributed by atoms with Crippen LogP contribution in [0.3, 0.4) is 0 Å². The van der Waals surface area contributed by atoms with Gasteiger partial charge in [-0.1, -0.05) is 0 Å². The van der Waals surface area contributed by atoms with Crippen LogP contribution in [0.15, 0.2) is 19.6 Å². The molecule has 4 nitrogen and oxygen atoms in total. The van der Waals surface area contributed by atoms with Crippen molar-refractivity contribution in [1.82, 2.24) is 4.98 Å². The highest BCUT2D eigenvalue weighted by Crippen LogP contribution is 2.32. The van der Waals surface area contributed by atoms with Gasteiger partial charge in [-0.05, 0) is 28.9 Å². The minimum absolute atomic E-state index is 0.0275. The average molecular weight is 352 g/mol. The fourth-order valence-corrected chi connectivity index (χ4v) is 2.50. The lowest BCUT2D eigenvalue weighted by atomic mass is 10.3. The van der Waals surface area contributed by atoms with Crippen LogP contribution in [-0.4, -0.2) is 17.6 Å². The molecule has 0 aliphatic carbocycles. The molecule has 2 aromatic rings. The number of alkyl halides is 2. The second-order valence-electron chi connectivity index (χ2n) is 3.39. The van der Waals surface area contributed by atoms with Gasteiger partial charge in [0.1, 0.15) is 0 Å². The molecule has 0 aromatic carbocycles. The van der Waals surface area contributed by atoms with E-state index in [0.29, 0.717) is 5.56 Å². The number of esters is 1. The minimum Gasteiger partial charge on any atom is -0.460 e. The summed E-state index contributed by atoms with van der Waals surface area (Å²) < 4.78 is 36.2. The predicted molar refractivity (Wildman–Crippen MR) is 68.4 cm³/mol. The first-order chi connectivity index (χ1) is 9.02. The van der Waals surface area contributed by atoms with E-state index in [9.17, 15) is 13.6 Å². The van der Waals surface area contributed by atoms with Gasteiger partial charge in [-0.15, -0.1) is 11.3 Å². The Labute approximate surface area is 119 Å². The van der Waals surface area contributed by atoms with Crippen LogP contribution in [0.4, 0.5) is 8.78 Å². The Morgan fingerprint density at radius 3 is 2.89 bits per heavy atom. The Bertz CT molecular complexity index is 597. The number of rotatable bonds is 4. The van der Waals surface area contributed by atoms with Crippen LogP contribution in [0, 0.1) is 0 Å². The second-order valence-corrected chi connectivity index (χ2v) is 5.68. The molecule has 0 spiro atoms. The van der Waals surface area contributed by atoms with E-state index in [1.165, 1.54) is 11.3 Å². The Balaban J connectivity index is 2.43. The zero-order valence-corrected chi connectivity index (χ0v) is 12.1. The molecule has 0 atom stereocenters. The minimum atomic E-state index is -2.90. The number of thiophene rings is 1. The molecular weight excluding hydrogens is 344 g/mol. The molecule has 0 aliphatic rings. The summed E-state index contributed by atoms with van der Waals surface area (Å²) in [7, 11) is 0. The predicted octanol–water partition coefficient (Wildman–Crippen LogP) is 4.28. The van der Waals surface area contributed by atoms with E-state index < -0.39 is 23.8 Å². The average Bonchev–Trinajstić information content (AvgIpc) is 2.94. The highest BCUT2D eigenvalue weighted by molar-refractivity contribution is 9.11. The molecule has 8 heteroatoms. The maximum atomic E-state index is 12.8. The van der Waals surface area contributed by atoms with Crippen LogP contribution in [0.25, 0.3) is 11.5 Å². The van der Waals surface area contributed by atoms with Crippen molar-refractivity contribution in [3.63, 3.8) is 0 Å². The molecule has 2 aromatic heterocycles. The lowest BCUT2D eigenvalue weighted by Crippen LogP contribution is -2.06. The third-order valence-corrected chi connectivity index (χ3v) is 3.64. The van der Waals surface area contributed by atoms with Gasteiger partial charge in [0.25, 0.3) is 6.43 Å². The fourth-order valence-electron chi connectivity index (χ4n) is 1.37. The first-order valence-electron chi connectivity index (χ1n) is 5.23. The van der Waals surface area contributed by atoms with Crippen LogP contribution in [0.2, 0.25) is 0 Å². The highest BCUT2D eigenvalue weighted by atomic mass is 79.9. The Kier molecular flexibility index (Phi) is 4.31. The van der Waals surface area contributed by atoms with Crippen LogP contribution >= 0.6 is 27.3 Å². The van der Waals surface area contributed by atoms with Crippen molar-refractivity contribution in [3.05, 3.63) is 26.7 Å². The topological polar surface area (TPSA) is 52.3 Å². The van der Waals surface area contributed by atoms with Crippen LogP contribution < -0.4 is 0 Å². The van der Waals surface area contributed by atoms with Crippen molar-refractivity contribution in [1.29, 1.82) is 0 Å². The maximum Gasteiger partial charge on any atom is 0.376 e. The van der Waals surface area contributed by atoms with Crippen LogP contribution in [0.1, 0.15) is 29.6 Å². The molecule has 0 saturated heterocycles. The molecule has 19 heavy (non-hydrogen) atoms. The largest absolute Gasteiger partial charge is 0.460 e. The summed E-state index contributed by atoms with van der Waals surface area (Å²) in [6.07, 6.45) is -2.90. The summed E-state index contributed by atoms with van der Waals surface area (Å²) in [5, 5.41) is 1.68. The second kappa shape index (κ2) is 5.79. The lowest BCUT2D eigenvalue weighted by molar-refractivity contribution is 0.0476. The van der Waals surface area contributed by atoms with E-state index in [2.05, 4.69) is 25.7 Å². The molecule has 0 N–H and O–H groups in total. The van der Waals surface area contributed by atoms with Crippen molar-refractivity contribution in [2.45, 2.75) is 13.3 Å². The number of carbonyl (C=O) groups excluding carboxylic acids is 1. The SMILES string of the molecule is CCOC(=O)c1oc(-c2csc(Br)c2)nc1C(F)F. The normalized spacial score (nSPS) is 11.0. The molecule has 0 radical (unpaired) electrons. The Morgan fingerprint density at radius 1 is 1.63 bits per heavy atom. The summed E-state index contributed by atoms with van der Waals surface area (Å²) >= 11 is 4.60. The molecule has 102 valence electrons. The quantitative estimate of drug-likeness (QED) is 0.771. The van der Waals surface area contributed by atoms with Gasteiger partial charge in [0.05, 0.1) is 10.4 Å². The molecule has 0 fully saturated rings. The standard InChI is InChI=1S/C11H8BrF2NO3S/c1-2-17-11(16)8-7(9(13)14)15-10(18-8)5-3-6(12)19-4-5/h3-4,9H,2H2,1H3. The van der Waals surface area contributed by atoms with Crippen molar-refractivity contribution in [3.8, 4) is 11.5 Å². The number of halogens is 3. The summed E-state index contributed by atoms with van der Waals surface area (Å²) in [5.41, 5.74) is -0.176. The van der Waals surface area contributed by atoms with E-state index in [0.717, 1.165) is 3.79 Å². The number of hydrogen-bond acceptors (Lipinski definition) is 5. The fraction of sp³-hybridized carbons (Fsp3) is 0.273. The van der Waals surface area contributed by atoms with Gasteiger partial charge in [0, 0.05) is 10.9 Å². The van der Waals surface area contributed by atoms with Gasteiger partial charge in [-0.2, -0.15) is 0 Å². The van der Waals surface area contributed by atoms with Crippen LogP contribution in [0.5, 0.6) is 0 Å². The van der Waals surface area contributed by atoms with Gasteiger partial charge in [0.15, 0.2) is 5.69 Å². The van der Waals surface area contributed by atoms with E-state index in [1.807, 2.05) is 0 Å². The van der Waals surface area contributed by atoms with Crippen molar-refractivity contribution in [2.75, 3.05) is 6.61 Å². The molecule has 0 bridgehead atoms. The number of hydrogen-bond donors (Lipinski definition) is 0. The zero-order valence-electron chi connectivity index (χ0n) is 9.65.